The Hall–Kier alpha value is -1.11. The Balaban J connectivity index is 0.000000423. The van der Waals surface area contributed by atoms with Crippen molar-refractivity contribution in [2.45, 2.75) is 40.5 Å². The van der Waals surface area contributed by atoms with E-state index < -0.39 is 0 Å². The van der Waals surface area contributed by atoms with E-state index in [9.17, 15) is 4.79 Å². The Morgan fingerprint density at radius 3 is 1.73 bits per heavy atom. The smallest absolute Gasteiger partial charge is 0.127 e. The fraction of sp³-hybridized carbons (Fsp3) is 0.500. The van der Waals surface area contributed by atoms with Crippen LogP contribution in [0.1, 0.15) is 44.7 Å². The van der Waals surface area contributed by atoms with Crippen molar-refractivity contribution in [2.75, 3.05) is 0 Å². The summed E-state index contributed by atoms with van der Waals surface area (Å²) in [5, 5.41) is 0. The molecule has 0 aromatic heterocycles. The first-order chi connectivity index (χ1) is 6.97. The molecule has 84 valence electrons. The van der Waals surface area contributed by atoms with Crippen LogP contribution in [0.4, 0.5) is 0 Å². The molecule has 0 aliphatic rings. The van der Waals surface area contributed by atoms with Crippen molar-refractivity contribution in [1.82, 2.24) is 0 Å². The van der Waals surface area contributed by atoms with Crippen LogP contribution in [0.15, 0.2) is 24.3 Å². The third-order valence-electron chi connectivity index (χ3n) is 1.81. The topological polar surface area (TPSA) is 17.1 Å². The number of aldehydes is 1. The molecule has 1 aromatic carbocycles. The van der Waals surface area contributed by atoms with Gasteiger partial charge in [0.05, 0.1) is 0 Å². The molecule has 0 saturated carbocycles. The molecule has 0 radical (unpaired) electrons. The van der Waals surface area contributed by atoms with Crippen LogP contribution in [0.25, 0.3) is 0 Å². The highest BCUT2D eigenvalue weighted by Crippen LogP contribution is 2.12. The Morgan fingerprint density at radius 2 is 1.40 bits per heavy atom. The molecule has 0 fully saturated rings. The van der Waals surface area contributed by atoms with E-state index in [1.807, 2.05) is 38.1 Å². The average Bonchev–Trinajstić information content (AvgIpc) is 2.17. The third kappa shape index (κ3) is 6.89. The summed E-state index contributed by atoms with van der Waals surface area (Å²) in [6.45, 7) is 10.4. The molecule has 15 heavy (non-hydrogen) atoms. The van der Waals surface area contributed by atoms with E-state index in [1.54, 1.807) is 0 Å². The van der Waals surface area contributed by atoms with E-state index in [0.29, 0.717) is 0 Å². The molecule has 1 aromatic rings. The lowest BCUT2D eigenvalue weighted by atomic mass is 10.0. The maximum absolute atomic E-state index is 10.4. The molecule has 0 bridgehead atoms. The fourth-order valence-electron chi connectivity index (χ4n) is 0.949. The van der Waals surface area contributed by atoms with Crippen LogP contribution in [-0.2, 0) is 4.79 Å². The van der Waals surface area contributed by atoms with Crippen molar-refractivity contribution in [3.05, 3.63) is 35.4 Å². The van der Waals surface area contributed by atoms with Gasteiger partial charge in [-0.05, 0) is 18.4 Å². The minimum atomic E-state index is 0.0237. The molecule has 0 aliphatic carbocycles. The molecule has 0 aliphatic heterocycles. The Morgan fingerprint density at radius 1 is 1.00 bits per heavy atom. The summed E-state index contributed by atoms with van der Waals surface area (Å²) in [5.74, 6) is 0.857. The molecular formula is C14H22O. The molecule has 0 saturated heterocycles. The second-order valence-electron chi connectivity index (χ2n) is 4.57. The lowest BCUT2D eigenvalue weighted by Gasteiger charge is -2.02. The van der Waals surface area contributed by atoms with E-state index in [4.69, 9.17) is 0 Å². The molecule has 1 atom stereocenters. The number of hydrogen-bond donors (Lipinski definition) is 0. The Bertz CT molecular complexity index is 269. The second-order valence-corrected chi connectivity index (χ2v) is 4.57. The van der Waals surface area contributed by atoms with E-state index in [0.717, 1.165) is 17.8 Å². The monoisotopic (exact) mass is 206 g/mol. The van der Waals surface area contributed by atoms with Crippen molar-refractivity contribution >= 4 is 6.29 Å². The van der Waals surface area contributed by atoms with E-state index in [1.165, 1.54) is 5.56 Å². The first-order valence-corrected chi connectivity index (χ1v) is 5.49. The van der Waals surface area contributed by atoms with E-state index >= 15 is 0 Å². The lowest BCUT2D eigenvalue weighted by Crippen LogP contribution is -1.93. The average molecular weight is 206 g/mol. The van der Waals surface area contributed by atoms with Gasteiger partial charge in [0.25, 0.3) is 0 Å². The lowest BCUT2D eigenvalue weighted by molar-refractivity contribution is -0.108. The van der Waals surface area contributed by atoms with Gasteiger partial charge in [0.2, 0.25) is 0 Å². The van der Waals surface area contributed by atoms with Crippen LogP contribution in [0.5, 0.6) is 0 Å². The van der Waals surface area contributed by atoms with Gasteiger partial charge in [-0.1, -0.05) is 57.5 Å². The predicted molar refractivity (Wildman–Crippen MR) is 66.2 cm³/mol. The normalized spacial score (nSPS) is 11.6. The number of benzene rings is 1. The quantitative estimate of drug-likeness (QED) is 0.669. The Kier molecular flexibility index (Phi) is 6.68. The third-order valence-corrected chi connectivity index (χ3v) is 1.81. The summed E-state index contributed by atoms with van der Waals surface area (Å²) >= 11 is 0. The molecule has 1 rings (SSSR count). The standard InChI is InChI=1S/C10H12O.C4H10/c1-8-3-5-10(6-4-8)9(2)7-11;1-4(2)3/h3-7,9H,1-2H3;4H,1-3H3. The van der Waals surface area contributed by atoms with Crippen molar-refractivity contribution < 1.29 is 4.79 Å². The number of hydrogen-bond acceptors (Lipinski definition) is 1. The highest BCUT2D eigenvalue weighted by atomic mass is 16.1. The van der Waals surface area contributed by atoms with Crippen LogP contribution in [-0.4, -0.2) is 6.29 Å². The van der Waals surface area contributed by atoms with Gasteiger partial charge in [-0.2, -0.15) is 0 Å². The minimum absolute atomic E-state index is 0.0237. The molecule has 0 N–H and O–H groups in total. The minimum Gasteiger partial charge on any atom is -0.303 e. The number of carbonyl (C=O) groups excluding carboxylic acids is 1. The van der Waals surface area contributed by atoms with Gasteiger partial charge in [-0.15, -0.1) is 0 Å². The molecule has 0 amide bonds. The summed E-state index contributed by atoms with van der Waals surface area (Å²) in [4.78, 5) is 10.4. The highest BCUT2D eigenvalue weighted by Gasteiger charge is 2.00. The summed E-state index contributed by atoms with van der Waals surface area (Å²) in [6, 6.07) is 8.04. The Labute approximate surface area is 93.5 Å². The SMILES string of the molecule is CC(C)C.Cc1ccc(C(C)C=O)cc1. The zero-order valence-corrected chi connectivity index (χ0v) is 10.4. The van der Waals surface area contributed by atoms with Crippen LogP contribution < -0.4 is 0 Å². The van der Waals surface area contributed by atoms with Gasteiger partial charge < -0.3 is 4.79 Å². The second kappa shape index (κ2) is 7.22. The van der Waals surface area contributed by atoms with Crippen LogP contribution >= 0.6 is 0 Å². The van der Waals surface area contributed by atoms with Gasteiger partial charge in [-0.3, -0.25) is 0 Å². The zero-order valence-electron chi connectivity index (χ0n) is 10.4. The van der Waals surface area contributed by atoms with E-state index in [2.05, 4.69) is 20.8 Å². The molecule has 1 heteroatoms. The maximum Gasteiger partial charge on any atom is 0.127 e. The van der Waals surface area contributed by atoms with Crippen molar-refractivity contribution in [3.8, 4) is 0 Å². The molecule has 0 heterocycles. The van der Waals surface area contributed by atoms with Gasteiger partial charge in [0, 0.05) is 5.92 Å². The fourth-order valence-corrected chi connectivity index (χ4v) is 0.949. The van der Waals surface area contributed by atoms with Crippen molar-refractivity contribution in [3.63, 3.8) is 0 Å². The van der Waals surface area contributed by atoms with Gasteiger partial charge in [0.1, 0.15) is 6.29 Å². The molecule has 1 unspecified atom stereocenters. The van der Waals surface area contributed by atoms with Gasteiger partial charge >= 0.3 is 0 Å². The summed E-state index contributed by atoms with van der Waals surface area (Å²) < 4.78 is 0. The molecular weight excluding hydrogens is 184 g/mol. The number of rotatable bonds is 2. The van der Waals surface area contributed by atoms with Crippen LogP contribution in [0.2, 0.25) is 0 Å². The first kappa shape index (κ1) is 13.9. The van der Waals surface area contributed by atoms with Crippen molar-refractivity contribution in [1.29, 1.82) is 0 Å². The largest absolute Gasteiger partial charge is 0.303 e. The zero-order chi connectivity index (χ0) is 11.8. The molecule has 0 spiro atoms. The van der Waals surface area contributed by atoms with Gasteiger partial charge in [-0.25, -0.2) is 0 Å². The van der Waals surface area contributed by atoms with E-state index in [-0.39, 0.29) is 5.92 Å². The summed E-state index contributed by atoms with van der Waals surface area (Å²) in [6.07, 6.45) is 0.963. The van der Waals surface area contributed by atoms with Crippen molar-refractivity contribution in [2.24, 2.45) is 5.92 Å². The summed E-state index contributed by atoms with van der Waals surface area (Å²) in [7, 11) is 0. The summed E-state index contributed by atoms with van der Waals surface area (Å²) in [5.41, 5.74) is 2.32. The number of aryl methyl sites for hydroxylation is 1. The highest BCUT2D eigenvalue weighted by molar-refractivity contribution is 5.61. The van der Waals surface area contributed by atoms with Crippen LogP contribution in [0.3, 0.4) is 0 Å². The number of carbonyl (C=O) groups is 1. The molecule has 1 nitrogen and oxygen atoms in total. The first-order valence-electron chi connectivity index (χ1n) is 5.49. The van der Waals surface area contributed by atoms with Crippen LogP contribution in [0, 0.1) is 12.8 Å². The maximum atomic E-state index is 10.4. The van der Waals surface area contributed by atoms with Gasteiger partial charge in [0.15, 0.2) is 0 Å². The predicted octanol–water partition coefficient (Wildman–Crippen LogP) is 3.96.